The lowest BCUT2D eigenvalue weighted by atomic mass is 10.2. The van der Waals surface area contributed by atoms with E-state index in [2.05, 4.69) is 15.6 Å². The second-order valence-electron chi connectivity index (χ2n) is 3.11. The van der Waals surface area contributed by atoms with Gasteiger partial charge in [0.1, 0.15) is 0 Å². The number of aromatic nitrogens is 1. The summed E-state index contributed by atoms with van der Waals surface area (Å²) in [4.78, 5) is 15.2. The van der Waals surface area contributed by atoms with Gasteiger partial charge in [0.25, 0.3) is 0 Å². The molecule has 1 amide bonds. The van der Waals surface area contributed by atoms with E-state index in [1.807, 2.05) is 13.0 Å². The van der Waals surface area contributed by atoms with E-state index in [4.69, 9.17) is 4.74 Å². The van der Waals surface area contributed by atoms with E-state index in [9.17, 15) is 4.79 Å². The average molecular weight is 193 g/mol. The minimum Gasteiger partial charge on any atom is -0.481 e. The van der Waals surface area contributed by atoms with Gasteiger partial charge in [-0.1, -0.05) is 0 Å². The van der Waals surface area contributed by atoms with Crippen molar-refractivity contribution in [2.24, 2.45) is 0 Å². The van der Waals surface area contributed by atoms with Crippen LogP contribution in [-0.2, 0) is 4.79 Å². The van der Waals surface area contributed by atoms with E-state index in [-0.39, 0.29) is 5.91 Å². The highest BCUT2D eigenvalue weighted by Gasteiger charge is 2.18. The van der Waals surface area contributed by atoms with Gasteiger partial charge in [0.15, 0.2) is 5.82 Å². The summed E-state index contributed by atoms with van der Waals surface area (Å²) in [6.45, 7) is 2.23. The molecule has 5 heteroatoms. The molecule has 2 N–H and O–H groups in total. The minimum atomic E-state index is -0.0855. The van der Waals surface area contributed by atoms with E-state index in [0.717, 1.165) is 11.3 Å². The SMILES string of the molecule is COc1cc(C)c2c(n1)NC(=O)CN2. The van der Waals surface area contributed by atoms with Crippen molar-refractivity contribution in [3.05, 3.63) is 11.6 Å². The van der Waals surface area contributed by atoms with Crippen LogP contribution in [0.5, 0.6) is 5.88 Å². The molecule has 0 saturated heterocycles. The summed E-state index contributed by atoms with van der Waals surface area (Å²) in [5, 5.41) is 5.68. The van der Waals surface area contributed by atoms with Crippen LogP contribution in [0.1, 0.15) is 5.56 Å². The Bertz CT molecular complexity index is 390. The first-order chi connectivity index (χ1) is 6.70. The standard InChI is InChI=1S/C9H11N3O2/c1-5-3-7(14-2)12-9-8(5)10-4-6(13)11-9/h3,10H,4H2,1-2H3,(H,11,12,13). The van der Waals surface area contributed by atoms with Crippen molar-refractivity contribution in [2.75, 3.05) is 24.3 Å². The van der Waals surface area contributed by atoms with Gasteiger partial charge in [-0.25, -0.2) is 0 Å². The van der Waals surface area contributed by atoms with Crippen LogP contribution in [-0.4, -0.2) is 24.5 Å². The third-order valence-corrected chi connectivity index (χ3v) is 2.09. The summed E-state index contributed by atoms with van der Waals surface area (Å²) >= 11 is 0. The summed E-state index contributed by atoms with van der Waals surface area (Å²) in [6.07, 6.45) is 0. The highest BCUT2D eigenvalue weighted by Crippen LogP contribution is 2.29. The molecule has 1 aliphatic heterocycles. The molecule has 0 saturated carbocycles. The second-order valence-corrected chi connectivity index (χ2v) is 3.11. The topological polar surface area (TPSA) is 63.2 Å². The Morgan fingerprint density at radius 3 is 3.07 bits per heavy atom. The van der Waals surface area contributed by atoms with E-state index in [1.54, 1.807) is 7.11 Å². The van der Waals surface area contributed by atoms with Crippen molar-refractivity contribution in [2.45, 2.75) is 6.92 Å². The maximum Gasteiger partial charge on any atom is 0.244 e. The van der Waals surface area contributed by atoms with Crippen LogP contribution in [0.3, 0.4) is 0 Å². The average Bonchev–Trinajstić information content (AvgIpc) is 2.16. The number of pyridine rings is 1. The first-order valence-corrected chi connectivity index (χ1v) is 4.30. The van der Waals surface area contributed by atoms with Crippen LogP contribution in [0.15, 0.2) is 6.07 Å². The fraction of sp³-hybridized carbons (Fsp3) is 0.333. The Hall–Kier alpha value is -1.78. The number of rotatable bonds is 1. The molecule has 14 heavy (non-hydrogen) atoms. The van der Waals surface area contributed by atoms with Crippen molar-refractivity contribution in [1.82, 2.24) is 4.98 Å². The number of aryl methyl sites for hydroxylation is 1. The Labute approximate surface area is 81.5 Å². The lowest BCUT2D eigenvalue weighted by molar-refractivity contribution is -0.114. The van der Waals surface area contributed by atoms with Crippen LogP contribution < -0.4 is 15.4 Å². The fourth-order valence-electron chi connectivity index (χ4n) is 1.41. The molecule has 1 aromatic heterocycles. The number of nitrogens with zero attached hydrogens (tertiary/aromatic N) is 1. The van der Waals surface area contributed by atoms with Crippen molar-refractivity contribution >= 4 is 17.4 Å². The van der Waals surface area contributed by atoms with Gasteiger partial charge in [0, 0.05) is 6.07 Å². The number of ether oxygens (including phenoxy) is 1. The Balaban J connectivity index is 2.48. The number of anilines is 2. The Morgan fingerprint density at radius 1 is 1.57 bits per heavy atom. The van der Waals surface area contributed by atoms with Gasteiger partial charge in [-0.2, -0.15) is 4.98 Å². The Kier molecular flexibility index (Phi) is 1.99. The van der Waals surface area contributed by atoms with Crippen molar-refractivity contribution in [3.63, 3.8) is 0 Å². The fourth-order valence-corrected chi connectivity index (χ4v) is 1.41. The molecule has 0 fully saturated rings. The summed E-state index contributed by atoms with van der Waals surface area (Å²) in [5.74, 6) is 0.959. The molecule has 0 unspecified atom stereocenters. The lowest BCUT2D eigenvalue weighted by Crippen LogP contribution is -2.28. The van der Waals surface area contributed by atoms with E-state index in [1.165, 1.54) is 0 Å². The number of nitrogens with one attached hydrogen (secondary N) is 2. The summed E-state index contributed by atoms with van der Waals surface area (Å²) in [6, 6.07) is 1.82. The molecule has 2 heterocycles. The largest absolute Gasteiger partial charge is 0.481 e. The first-order valence-electron chi connectivity index (χ1n) is 4.30. The Morgan fingerprint density at radius 2 is 2.36 bits per heavy atom. The van der Waals surface area contributed by atoms with Gasteiger partial charge in [-0.3, -0.25) is 4.79 Å². The molecular weight excluding hydrogens is 182 g/mol. The molecule has 0 radical (unpaired) electrons. The zero-order valence-electron chi connectivity index (χ0n) is 8.05. The quantitative estimate of drug-likeness (QED) is 0.691. The predicted molar refractivity (Wildman–Crippen MR) is 52.6 cm³/mol. The molecule has 0 aliphatic carbocycles. The van der Waals surface area contributed by atoms with Crippen LogP contribution in [0.2, 0.25) is 0 Å². The monoisotopic (exact) mass is 193 g/mol. The number of amides is 1. The van der Waals surface area contributed by atoms with Crippen molar-refractivity contribution < 1.29 is 9.53 Å². The number of carbonyl (C=O) groups excluding carboxylic acids is 1. The molecule has 0 atom stereocenters. The van der Waals surface area contributed by atoms with Crippen molar-refractivity contribution in [1.29, 1.82) is 0 Å². The van der Waals surface area contributed by atoms with Crippen LogP contribution in [0.25, 0.3) is 0 Å². The van der Waals surface area contributed by atoms with Crippen LogP contribution in [0.4, 0.5) is 11.5 Å². The van der Waals surface area contributed by atoms with Gasteiger partial charge >= 0.3 is 0 Å². The van der Waals surface area contributed by atoms with Gasteiger partial charge < -0.3 is 15.4 Å². The van der Waals surface area contributed by atoms with E-state index >= 15 is 0 Å². The number of methoxy groups -OCH3 is 1. The predicted octanol–water partition coefficient (Wildman–Crippen LogP) is 0.763. The van der Waals surface area contributed by atoms with Crippen LogP contribution >= 0.6 is 0 Å². The minimum absolute atomic E-state index is 0.0855. The summed E-state index contributed by atoms with van der Waals surface area (Å²) in [5.41, 5.74) is 1.87. The van der Waals surface area contributed by atoms with E-state index < -0.39 is 0 Å². The van der Waals surface area contributed by atoms with E-state index in [0.29, 0.717) is 18.2 Å². The lowest BCUT2D eigenvalue weighted by Gasteiger charge is -2.19. The molecule has 0 spiro atoms. The number of hydrogen-bond acceptors (Lipinski definition) is 4. The van der Waals surface area contributed by atoms with Gasteiger partial charge in [0.05, 0.1) is 19.3 Å². The zero-order chi connectivity index (χ0) is 10.1. The smallest absolute Gasteiger partial charge is 0.244 e. The van der Waals surface area contributed by atoms with Gasteiger partial charge in [-0.05, 0) is 12.5 Å². The molecular formula is C9H11N3O2. The van der Waals surface area contributed by atoms with Gasteiger partial charge in [0.2, 0.25) is 11.8 Å². The highest BCUT2D eigenvalue weighted by molar-refractivity contribution is 5.99. The molecule has 5 nitrogen and oxygen atoms in total. The molecule has 0 aromatic carbocycles. The summed E-state index contributed by atoms with van der Waals surface area (Å²) in [7, 11) is 1.55. The molecule has 1 aromatic rings. The maximum absolute atomic E-state index is 11.1. The number of hydrogen-bond donors (Lipinski definition) is 2. The molecule has 74 valence electrons. The molecule has 0 bridgehead atoms. The molecule has 2 rings (SSSR count). The normalized spacial score (nSPS) is 14.0. The molecule has 1 aliphatic rings. The van der Waals surface area contributed by atoms with Crippen LogP contribution in [0, 0.1) is 6.92 Å². The number of carbonyl (C=O) groups is 1. The highest BCUT2D eigenvalue weighted by atomic mass is 16.5. The maximum atomic E-state index is 11.1. The summed E-state index contributed by atoms with van der Waals surface area (Å²) < 4.78 is 5.01. The van der Waals surface area contributed by atoms with Gasteiger partial charge in [-0.15, -0.1) is 0 Å². The third kappa shape index (κ3) is 1.37. The third-order valence-electron chi connectivity index (χ3n) is 2.09. The second kappa shape index (κ2) is 3.17. The van der Waals surface area contributed by atoms with Crippen molar-refractivity contribution in [3.8, 4) is 5.88 Å². The zero-order valence-corrected chi connectivity index (χ0v) is 8.05. The number of fused-ring (bicyclic) bond motifs is 1. The first kappa shape index (κ1) is 8.80.